The molecule has 1 spiro atoms. The number of hydrogen-bond acceptors (Lipinski definition) is 6. The molecule has 0 saturated carbocycles. The molecule has 34 heavy (non-hydrogen) atoms. The van der Waals surface area contributed by atoms with Gasteiger partial charge in [-0.25, -0.2) is 0 Å². The van der Waals surface area contributed by atoms with Crippen LogP contribution in [-0.2, 0) is 10.2 Å². The van der Waals surface area contributed by atoms with Crippen LogP contribution in [0.3, 0.4) is 0 Å². The van der Waals surface area contributed by atoms with E-state index in [0.29, 0.717) is 29.5 Å². The highest BCUT2D eigenvalue weighted by Crippen LogP contribution is 2.57. The van der Waals surface area contributed by atoms with Gasteiger partial charge in [-0.15, -0.1) is 0 Å². The first kappa shape index (κ1) is 20.8. The third kappa shape index (κ3) is 2.89. The highest BCUT2D eigenvalue weighted by atomic mass is 16.7. The minimum absolute atomic E-state index is 0.0412. The lowest BCUT2D eigenvalue weighted by molar-refractivity contribution is -0.122. The van der Waals surface area contributed by atoms with Gasteiger partial charge in [0.1, 0.15) is 23.5 Å². The van der Waals surface area contributed by atoms with E-state index in [1.807, 2.05) is 47.5 Å². The molecule has 174 valence electrons. The Hall–Kier alpha value is -3.74. The number of pyridine rings is 1. The predicted molar refractivity (Wildman–Crippen MR) is 127 cm³/mol. The standard InChI is InChI=1S/C27H26N2O5/c1-3-4-5-9-29-21-8-6-7-19(17-10-18(31-2)14-28-13-17)25(21)27(26(29)30)15-32-22-12-24-23(11-20(22)27)33-16-34-24/h6-8,10-14H,3-5,9,15-16H2,1-2H3. The SMILES string of the molecule is CCCCCN1C(=O)C2(COc3cc4c(cc32)OCO4)c2c(-c3cncc(OC)c3)cccc21. The van der Waals surface area contributed by atoms with Crippen molar-refractivity contribution in [2.45, 2.75) is 31.6 Å². The predicted octanol–water partition coefficient (Wildman–Crippen LogP) is 4.70. The number of rotatable bonds is 6. The van der Waals surface area contributed by atoms with Gasteiger partial charge in [0.15, 0.2) is 11.5 Å². The van der Waals surface area contributed by atoms with Gasteiger partial charge in [0.2, 0.25) is 12.7 Å². The van der Waals surface area contributed by atoms with Crippen molar-refractivity contribution in [2.75, 3.05) is 32.0 Å². The Morgan fingerprint density at radius 1 is 1.06 bits per heavy atom. The Morgan fingerprint density at radius 2 is 1.91 bits per heavy atom. The van der Waals surface area contributed by atoms with Gasteiger partial charge in [-0.2, -0.15) is 0 Å². The van der Waals surface area contributed by atoms with Gasteiger partial charge in [-0.1, -0.05) is 31.9 Å². The first-order valence-electron chi connectivity index (χ1n) is 11.7. The zero-order valence-electron chi connectivity index (χ0n) is 19.3. The van der Waals surface area contributed by atoms with Gasteiger partial charge in [0.05, 0.1) is 13.3 Å². The molecule has 0 saturated heterocycles. The molecule has 1 aromatic heterocycles. The molecule has 0 N–H and O–H groups in total. The van der Waals surface area contributed by atoms with Crippen molar-refractivity contribution >= 4 is 11.6 Å². The number of unbranched alkanes of at least 4 members (excludes halogenated alkanes) is 2. The summed E-state index contributed by atoms with van der Waals surface area (Å²) in [6.45, 7) is 3.23. The van der Waals surface area contributed by atoms with Gasteiger partial charge < -0.3 is 23.8 Å². The third-order valence-corrected chi connectivity index (χ3v) is 6.99. The molecule has 3 aliphatic heterocycles. The molecular weight excluding hydrogens is 432 g/mol. The van der Waals surface area contributed by atoms with Crippen molar-refractivity contribution in [1.82, 2.24) is 4.98 Å². The normalized spacial score (nSPS) is 19.4. The molecule has 0 radical (unpaired) electrons. The molecule has 0 fully saturated rings. The van der Waals surface area contributed by atoms with E-state index in [9.17, 15) is 4.79 Å². The van der Waals surface area contributed by atoms with Crippen LogP contribution in [0.25, 0.3) is 11.1 Å². The van der Waals surface area contributed by atoms with E-state index in [4.69, 9.17) is 18.9 Å². The zero-order valence-corrected chi connectivity index (χ0v) is 19.3. The number of benzene rings is 2. The van der Waals surface area contributed by atoms with E-state index >= 15 is 0 Å². The van der Waals surface area contributed by atoms with Crippen molar-refractivity contribution in [1.29, 1.82) is 0 Å². The molecule has 0 bridgehead atoms. The van der Waals surface area contributed by atoms with Gasteiger partial charge in [0.25, 0.3) is 0 Å². The van der Waals surface area contributed by atoms with Gasteiger partial charge >= 0.3 is 0 Å². The number of carbonyl (C=O) groups excluding carboxylic acids is 1. The molecule has 2 aromatic carbocycles. The highest BCUT2D eigenvalue weighted by Gasteiger charge is 2.58. The van der Waals surface area contributed by atoms with E-state index in [-0.39, 0.29) is 19.3 Å². The van der Waals surface area contributed by atoms with Crippen LogP contribution in [0.1, 0.15) is 37.3 Å². The topological polar surface area (TPSA) is 70.1 Å². The molecule has 3 aliphatic rings. The molecule has 1 amide bonds. The summed E-state index contributed by atoms with van der Waals surface area (Å²) in [7, 11) is 1.63. The molecule has 0 aliphatic carbocycles. The van der Waals surface area contributed by atoms with Gasteiger partial charge in [0, 0.05) is 41.2 Å². The van der Waals surface area contributed by atoms with Crippen LogP contribution in [0.15, 0.2) is 48.8 Å². The summed E-state index contributed by atoms with van der Waals surface area (Å²) in [6, 6.07) is 11.8. The number of anilines is 1. The second kappa shape index (κ2) is 7.94. The fraction of sp³-hybridized carbons (Fsp3) is 0.333. The molecule has 4 heterocycles. The number of hydrogen-bond donors (Lipinski definition) is 0. The fourth-order valence-corrected chi connectivity index (χ4v) is 5.34. The van der Waals surface area contributed by atoms with Crippen LogP contribution in [0.4, 0.5) is 5.69 Å². The van der Waals surface area contributed by atoms with Crippen molar-refractivity contribution in [3.05, 3.63) is 59.9 Å². The van der Waals surface area contributed by atoms with Gasteiger partial charge in [-0.3, -0.25) is 9.78 Å². The van der Waals surface area contributed by atoms with Crippen molar-refractivity contribution in [3.8, 4) is 34.1 Å². The molecule has 3 aromatic rings. The van der Waals surface area contributed by atoms with E-state index in [2.05, 4.69) is 11.9 Å². The maximum Gasteiger partial charge on any atom is 0.245 e. The molecule has 1 unspecified atom stereocenters. The van der Waals surface area contributed by atoms with Crippen LogP contribution in [-0.4, -0.2) is 37.9 Å². The molecule has 7 heteroatoms. The van der Waals surface area contributed by atoms with E-state index in [1.54, 1.807) is 13.3 Å². The Bertz CT molecular complexity index is 1290. The Morgan fingerprint density at radius 3 is 2.74 bits per heavy atom. The second-order valence-corrected chi connectivity index (χ2v) is 8.87. The smallest absolute Gasteiger partial charge is 0.245 e. The quantitative estimate of drug-likeness (QED) is 0.499. The Kier molecular flexibility index (Phi) is 4.86. The largest absolute Gasteiger partial charge is 0.495 e. The third-order valence-electron chi connectivity index (χ3n) is 6.99. The average molecular weight is 459 g/mol. The van der Waals surface area contributed by atoms with Crippen molar-refractivity contribution in [2.24, 2.45) is 0 Å². The lowest BCUT2D eigenvalue weighted by Crippen LogP contribution is -2.43. The summed E-state index contributed by atoms with van der Waals surface area (Å²) in [5.74, 6) is 2.66. The van der Waals surface area contributed by atoms with Crippen molar-refractivity contribution in [3.63, 3.8) is 0 Å². The molecular formula is C27H26N2O5. The summed E-state index contributed by atoms with van der Waals surface area (Å²) in [5, 5.41) is 0. The minimum Gasteiger partial charge on any atom is -0.495 e. The average Bonchev–Trinajstić information content (AvgIpc) is 3.55. The van der Waals surface area contributed by atoms with Crippen LogP contribution >= 0.6 is 0 Å². The van der Waals surface area contributed by atoms with Gasteiger partial charge in [-0.05, 0) is 30.2 Å². The number of aromatic nitrogens is 1. The first-order chi connectivity index (χ1) is 16.7. The lowest BCUT2D eigenvalue weighted by Gasteiger charge is -2.24. The monoisotopic (exact) mass is 458 g/mol. The number of ether oxygens (including phenoxy) is 4. The maximum atomic E-state index is 14.3. The number of fused-ring (bicyclic) bond motifs is 5. The number of carbonyl (C=O) groups is 1. The minimum atomic E-state index is -0.961. The summed E-state index contributed by atoms with van der Waals surface area (Å²) < 4.78 is 22.8. The van der Waals surface area contributed by atoms with E-state index in [1.165, 1.54) is 0 Å². The molecule has 6 rings (SSSR count). The molecule has 7 nitrogen and oxygen atoms in total. The van der Waals surface area contributed by atoms with Crippen LogP contribution in [0.5, 0.6) is 23.0 Å². The maximum absolute atomic E-state index is 14.3. The van der Waals surface area contributed by atoms with Crippen LogP contribution < -0.4 is 23.8 Å². The summed E-state index contributed by atoms with van der Waals surface area (Å²) in [5.41, 5.74) is 3.58. The zero-order chi connectivity index (χ0) is 23.3. The summed E-state index contributed by atoms with van der Waals surface area (Å²) in [4.78, 5) is 20.6. The highest BCUT2D eigenvalue weighted by molar-refractivity contribution is 6.13. The summed E-state index contributed by atoms with van der Waals surface area (Å²) in [6.07, 6.45) is 6.59. The van der Waals surface area contributed by atoms with E-state index in [0.717, 1.165) is 47.2 Å². The van der Waals surface area contributed by atoms with Crippen molar-refractivity contribution < 1.29 is 23.7 Å². The van der Waals surface area contributed by atoms with Crippen LogP contribution in [0.2, 0.25) is 0 Å². The van der Waals surface area contributed by atoms with E-state index < -0.39 is 5.41 Å². The number of methoxy groups -OCH3 is 1. The first-order valence-corrected chi connectivity index (χ1v) is 11.7. The summed E-state index contributed by atoms with van der Waals surface area (Å²) >= 11 is 0. The Labute approximate surface area is 198 Å². The number of nitrogens with zero attached hydrogens (tertiary/aromatic N) is 2. The Balaban J connectivity index is 1.58. The molecule has 1 atom stereocenters. The fourth-order valence-electron chi connectivity index (χ4n) is 5.34. The second-order valence-electron chi connectivity index (χ2n) is 8.87. The number of amides is 1. The van der Waals surface area contributed by atoms with Crippen LogP contribution in [0, 0.1) is 0 Å². The lowest BCUT2D eigenvalue weighted by atomic mass is 9.74.